The Kier molecular flexibility index (Phi) is 2.03. The molecule has 0 spiro atoms. The summed E-state index contributed by atoms with van der Waals surface area (Å²) in [4.78, 5) is 12.9. The maximum absolute atomic E-state index is 13.3. The Hall–Kier alpha value is -1.45. The molecule has 0 radical (unpaired) electrons. The Morgan fingerprint density at radius 2 is 2.00 bits per heavy atom. The van der Waals surface area contributed by atoms with Gasteiger partial charge in [-0.3, -0.25) is 4.79 Å². The van der Waals surface area contributed by atoms with Crippen molar-refractivity contribution < 1.29 is 13.6 Å². The highest BCUT2D eigenvalue weighted by Crippen LogP contribution is 2.36. The van der Waals surface area contributed by atoms with Gasteiger partial charge in [0.2, 0.25) is 5.91 Å². The summed E-state index contributed by atoms with van der Waals surface area (Å²) in [6.07, 6.45) is 0. The molecule has 80 valence electrons. The second-order valence-electron chi connectivity index (χ2n) is 4.37. The number of amides is 1. The molecule has 1 heterocycles. The van der Waals surface area contributed by atoms with E-state index in [0.29, 0.717) is 6.54 Å². The van der Waals surface area contributed by atoms with Gasteiger partial charge in [0.15, 0.2) is 0 Å². The van der Waals surface area contributed by atoms with Crippen LogP contribution >= 0.6 is 0 Å². The van der Waals surface area contributed by atoms with Gasteiger partial charge in [-0.2, -0.15) is 0 Å². The number of rotatable bonds is 1. The molecule has 1 aliphatic heterocycles. The minimum absolute atomic E-state index is 0.131. The number of halogens is 2. The van der Waals surface area contributed by atoms with Crippen molar-refractivity contribution in [2.45, 2.75) is 13.8 Å². The van der Waals surface area contributed by atoms with E-state index in [-0.39, 0.29) is 11.6 Å². The third kappa shape index (κ3) is 1.50. The minimum atomic E-state index is -0.696. The fraction of sp³-hybridized carbons (Fsp3) is 0.364. The highest BCUT2D eigenvalue weighted by Gasteiger charge is 2.45. The number of carbonyl (C=O) groups is 1. The normalized spacial score (nSPS) is 18.9. The smallest absolute Gasteiger partial charge is 0.234 e. The first-order chi connectivity index (χ1) is 6.92. The Balaban J connectivity index is 2.30. The van der Waals surface area contributed by atoms with Crippen molar-refractivity contribution in [1.29, 1.82) is 0 Å². The maximum Gasteiger partial charge on any atom is 0.234 e. The fourth-order valence-corrected chi connectivity index (χ4v) is 1.70. The maximum atomic E-state index is 13.3. The molecular formula is C11H11F2NO. The van der Waals surface area contributed by atoms with Crippen molar-refractivity contribution in [1.82, 2.24) is 0 Å². The molecule has 0 saturated carbocycles. The van der Waals surface area contributed by atoms with Crippen molar-refractivity contribution in [3.05, 3.63) is 29.8 Å². The minimum Gasteiger partial charge on any atom is -0.308 e. The molecular weight excluding hydrogens is 200 g/mol. The van der Waals surface area contributed by atoms with Crippen molar-refractivity contribution in [3.63, 3.8) is 0 Å². The lowest BCUT2D eigenvalue weighted by molar-refractivity contribution is -0.132. The van der Waals surface area contributed by atoms with Crippen LogP contribution in [-0.4, -0.2) is 12.5 Å². The van der Waals surface area contributed by atoms with Crippen LogP contribution in [0.5, 0.6) is 0 Å². The number of anilines is 1. The summed E-state index contributed by atoms with van der Waals surface area (Å²) >= 11 is 0. The molecule has 0 atom stereocenters. The average molecular weight is 211 g/mol. The van der Waals surface area contributed by atoms with E-state index < -0.39 is 17.0 Å². The highest BCUT2D eigenvalue weighted by molar-refractivity contribution is 6.03. The van der Waals surface area contributed by atoms with Crippen LogP contribution in [0.15, 0.2) is 18.2 Å². The molecule has 15 heavy (non-hydrogen) atoms. The van der Waals surface area contributed by atoms with E-state index >= 15 is 0 Å². The third-order valence-electron chi connectivity index (χ3n) is 2.58. The van der Waals surface area contributed by atoms with Gasteiger partial charge in [-0.25, -0.2) is 8.78 Å². The van der Waals surface area contributed by atoms with Crippen molar-refractivity contribution in [3.8, 4) is 0 Å². The summed E-state index contributed by atoms with van der Waals surface area (Å²) in [6.45, 7) is 4.06. The van der Waals surface area contributed by atoms with Crippen molar-refractivity contribution in [2.24, 2.45) is 5.41 Å². The second-order valence-corrected chi connectivity index (χ2v) is 4.37. The van der Waals surface area contributed by atoms with E-state index in [1.54, 1.807) is 13.8 Å². The lowest BCUT2D eigenvalue weighted by atomic mass is 9.82. The lowest BCUT2D eigenvalue weighted by Gasteiger charge is -2.44. The van der Waals surface area contributed by atoms with Crippen LogP contribution in [-0.2, 0) is 4.79 Å². The van der Waals surface area contributed by atoms with Crippen molar-refractivity contribution >= 4 is 11.6 Å². The highest BCUT2D eigenvalue weighted by atomic mass is 19.1. The molecule has 1 aromatic rings. The van der Waals surface area contributed by atoms with Gasteiger partial charge in [0.1, 0.15) is 11.6 Å². The quantitative estimate of drug-likeness (QED) is 0.653. The molecule has 2 nitrogen and oxygen atoms in total. The standard InChI is InChI=1S/C11H11F2NO/c1-11(2)6-14(10(11)15)9-4-3-7(12)5-8(9)13/h3-5H,6H2,1-2H3. The van der Waals surface area contributed by atoms with E-state index in [1.807, 2.05) is 0 Å². The molecule has 2 rings (SSSR count). The first kappa shape index (κ1) is 10.1. The molecule has 1 aromatic carbocycles. The monoisotopic (exact) mass is 211 g/mol. The summed E-state index contributed by atoms with van der Waals surface area (Å²) in [7, 11) is 0. The molecule has 0 aromatic heterocycles. The Morgan fingerprint density at radius 1 is 1.33 bits per heavy atom. The summed E-state index contributed by atoms with van der Waals surface area (Å²) in [5.74, 6) is -1.46. The van der Waals surface area contributed by atoms with E-state index in [9.17, 15) is 13.6 Å². The lowest BCUT2D eigenvalue weighted by Crippen LogP contribution is -2.59. The van der Waals surface area contributed by atoms with E-state index in [4.69, 9.17) is 0 Å². The van der Waals surface area contributed by atoms with Crippen LogP contribution in [0.2, 0.25) is 0 Å². The largest absolute Gasteiger partial charge is 0.308 e. The van der Waals surface area contributed by atoms with Crippen LogP contribution in [0.1, 0.15) is 13.8 Å². The third-order valence-corrected chi connectivity index (χ3v) is 2.58. The first-order valence-corrected chi connectivity index (χ1v) is 4.69. The summed E-state index contributed by atoms with van der Waals surface area (Å²) in [6, 6.07) is 3.22. The van der Waals surface area contributed by atoms with Crippen LogP contribution in [0.4, 0.5) is 14.5 Å². The fourth-order valence-electron chi connectivity index (χ4n) is 1.70. The molecule has 4 heteroatoms. The SMILES string of the molecule is CC1(C)CN(c2ccc(F)cc2F)C1=O. The number of carbonyl (C=O) groups excluding carboxylic acids is 1. The second kappa shape index (κ2) is 3.02. The molecule has 0 unspecified atom stereocenters. The number of hydrogen-bond acceptors (Lipinski definition) is 1. The molecule has 1 fully saturated rings. The molecule has 0 aliphatic carbocycles. The van der Waals surface area contributed by atoms with Crippen LogP contribution < -0.4 is 4.90 Å². The first-order valence-electron chi connectivity index (χ1n) is 4.69. The zero-order valence-electron chi connectivity index (χ0n) is 8.55. The van der Waals surface area contributed by atoms with Crippen LogP contribution in [0, 0.1) is 17.0 Å². The molecule has 0 N–H and O–H groups in total. The van der Waals surface area contributed by atoms with Gasteiger partial charge in [0, 0.05) is 12.6 Å². The topological polar surface area (TPSA) is 20.3 Å². The van der Waals surface area contributed by atoms with Crippen LogP contribution in [0.25, 0.3) is 0 Å². The molecule has 0 bridgehead atoms. The Morgan fingerprint density at radius 3 is 2.47 bits per heavy atom. The number of β-lactam (4-membered cyclic amide) rings is 1. The number of benzene rings is 1. The zero-order chi connectivity index (χ0) is 11.2. The van der Waals surface area contributed by atoms with Gasteiger partial charge in [0.25, 0.3) is 0 Å². The molecule has 1 saturated heterocycles. The zero-order valence-corrected chi connectivity index (χ0v) is 8.55. The predicted molar refractivity (Wildman–Crippen MR) is 52.5 cm³/mol. The van der Waals surface area contributed by atoms with Gasteiger partial charge >= 0.3 is 0 Å². The van der Waals surface area contributed by atoms with Crippen LogP contribution in [0.3, 0.4) is 0 Å². The van der Waals surface area contributed by atoms with Gasteiger partial charge in [-0.1, -0.05) is 0 Å². The van der Waals surface area contributed by atoms with E-state index in [0.717, 1.165) is 12.1 Å². The summed E-state index contributed by atoms with van der Waals surface area (Å²) in [5.41, 5.74) is -0.276. The van der Waals surface area contributed by atoms with Crippen molar-refractivity contribution in [2.75, 3.05) is 11.4 Å². The van der Waals surface area contributed by atoms with E-state index in [1.165, 1.54) is 11.0 Å². The summed E-state index contributed by atoms with van der Waals surface area (Å²) < 4.78 is 26.0. The predicted octanol–water partition coefficient (Wildman–Crippen LogP) is 2.34. The summed E-state index contributed by atoms with van der Waals surface area (Å²) in [5, 5.41) is 0. The van der Waals surface area contributed by atoms with Gasteiger partial charge in [-0.05, 0) is 26.0 Å². The number of hydrogen-bond donors (Lipinski definition) is 0. The number of nitrogens with zero attached hydrogens (tertiary/aromatic N) is 1. The van der Waals surface area contributed by atoms with Gasteiger partial charge < -0.3 is 4.90 Å². The Bertz CT molecular complexity index is 429. The average Bonchev–Trinajstić information content (AvgIpc) is 2.15. The van der Waals surface area contributed by atoms with Gasteiger partial charge in [-0.15, -0.1) is 0 Å². The molecule has 1 aliphatic rings. The molecule has 1 amide bonds. The Labute approximate surface area is 86.5 Å². The van der Waals surface area contributed by atoms with Gasteiger partial charge in [0.05, 0.1) is 11.1 Å². The van der Waals surface area contributed by atoms with E-state index in [2.05, 4.69) is 0 Å².